The van der Waals surface area contributed by atoms with Gasteiger partial charge in [-0.3, -0.25) is 4.79 Å². The molecule has 0 bridgehead atoms. The summed E-state index contributed by atoms with van der Waals surface area (Å²) in [5.41, 5.74) is -0.109. The minimum Gasteiger partial charge on any atom is -0.299 e. The maximum atomic E-state index is 11.8. The Morgan fingerprint density at radius 1 is 1.31 bits per heavy atom. The molecule has 1 nitrogen and oxygen atoms in total. The monoisotopic (exact) mass is 184 g/mol. The van der Waals surface area contributed by atoms with Crippen LogP contribution in [-0.2, 0) is 4.79 Å². The molecule has 0 fully saturated rings. The summed E-state index contributed by atoms with van der Waals surface area (Å²) in [7, 11) is 0. The van der Waals surface area contributed by atoms with Gasteiger partial charge >= 0.3 is 0 Å². The first-order valence-electron chi connectivity index (χ1n) is 5.47. The molecule has 13 heavy (non-hydrogen) atoms. The van der Waals surface area contributed by atoms with Crippen LogP contribution in [0.2, 0.25) is 0 Å². The second kappa shape index (κ2) is 5.41. The molecule has 1 unspecified atom stereocenters. The molecule has 1 atom stereocenters. The third kappa shape index (κ3) is 4.44. The number of rotatable bonds is 6. The van der Waals surface area contributed by atoms with Crippen LogP contribution in [0.3, 0.4) is 0 Å². The van der Waals surface area contributed by atoms with Gasteiger partial charge in [0.05, 0.1) is 0 Å². The van der Waals surface area contributed by atoms with Crippen molar-refractivity contribution in [1.29, 1.82) is 0 Å². The minimum absolute atomic E-state index is 0.109. The van der Waals surface area contributed by atoms with Gasteiger partial charge in [-0.25, -0.2) is 0 Å². The molecule has 0 radical (unpaired) electrons. The Bertz CT molecular complexity index is 159. The van der Waals surface area contributed by atoms with Crippen molar-refractivity contribution in [2.24, 2.45) is 11.3 Å². The number of ketones is 1. The molecule has 1 heteroatoms. The standard InChI is InChI=1S/C12H24O/c1-6-8-10(3)9-11(13)12(4,5)7-2/h10H,6-9H2,1-5H3. The lowest BCUT2D eigenvalue weighted by molar-refractivity contribution is -0.128. The van der Waals surface area contributed by atoms with Crippen LogP contribution in [0.5, 0.6) is 0 Å². The maximum Gasteiger partial charge on any atom is 0.138 e. The molecular weight excluding hydrogens is 160 g/mol. The molecule has 0 heterocycles. The molecule has 0 spiro atoms. The molecular formula is C12H24O. The summed E-state index contributed by atoms with van der Waals surface area (Å²) in [6, 6.07) is 0. The molecule has 0 N–H and O–H groups in total. The predicted octanol–water partition coefficient (Wildman–Crippen LogP) is 3.82. The predicted molar refractivity (Wildman–Crippen MR) is 57.8 cm³/mol. The van der Waals surface area contributed by atoms with Crippen molar-refractivity contribution < 1.29 is 4.79 Å². The van der Waals surface area contributed by atoms with Crippen LogP contribution >= 0.6 is 0 Å². The summed E-state index contributed by atoms with van der Waals surface area (Å²) in [5, 5.41) is 0. The molecule has 0 saturated carbocycles. The summed E-state index contributed by atoms with van der Waals surface area (Å²) >= 11 is 0. The molecule has 0 aromatic heterocycles. The second-order valence-electron chi connectivity index (χ2n) is 4.76. The van der Waals surface area contributed by atoms with Crippen LogP contribution in [0.1, 0.15) is 60.3 Å². The molecule has 0 aliphatic heterocycles. The number of Topliss-reactive ketones (excluding diaryl/α,β-unsaturated/α-hetero) is 1. The maximum absolute atomic E-state index is 11.8. The minimum atomic E-state index is -0.109. The molecule has 0 aromatic rings. The normalized spacial score (nSPS) is 14.2. The number of hydrogen-bond donors (Lipinski definition) is 0. The highest BCUT2D eigenvalue weighted by atomic mass is 16.1. The fraction of sp³-hybridized carbons (Fsp3) is 0.917. The van der Waals surface area contributed by atoms with Crippen LogP contribution in [0.25, 0.3) is 0 Å². The SMILES string of the molecule is CCCC(C)CC(=O)C(C)(C)CC. The van der Waals surface area contributed by atoms with Crippen LogP contribution in [0.15, 0.2) is 0 Å². The van der Waals surface area contributed by atoms with Crippen molar-refractivity contribution in [3.63, 3.8) is 0 Å². The van der Waals surface area contributed by atoms with E-state index in [4.69, 9.17) is 0 Å². The van der Waals surface area contributed by atoms with E-state index in [-0.39, 0.29) is 5.41 Å². The van der Waals surface area contributed by atoms with Gasteiger partial charge in [0.1, 0.15) is 5.78 Å². The summed E-state index contributed by atoms with van der Waals surface area (Å²) in [6.07, 6.45) is 4.06. The topological polar surface area (TPSA) is 17.1 Å². The number of carbonyl (C=O) groups excluding carboxylic acids is 1. The van der Waals surface area contributed by atoms with Gasteiger partial charge in [0.15, 0.2) is 0 Å². The van der Waals surface area contributed by atoms with Gasteiger partial charge in [0, 0.05) is 11.8 Å². The molecule has 0 aromatic carbocycles. The van der Waals surface area contributed by atoms with Crippen molar-refractivity contribution >= 4 is 5.78 Å². The molecule has 0 saturated heterocycles. The van der Waals surface area contributed by atoms with E-state index < -0.39 is 0 Å². The van der Waals surface area contributed by atoms with Gasteiger partial charge in [0.25, 0.3) is 0 Å². The van der Waals surface area contributed by atoms with Crippen molar-refractivity contribution in [3.8, 4) is 0 Å². The van der Waals surface area contributed by atoms with Gasteiger partial charge in [-0.05, 0) is 12.3 Å². The molecule has 78 valence electrons. The molecule has 0 rings (SSSR count). The summed E-state index contributed by atoms with van der Waals surface area (Å²) < 4.78 is 0. The van der Waals surface area contributed by atoms with Crippen LogP contribution in [0.4, 0.5) is 0 Å². The van der Waals surface area contributed by atoms with Crippen molar-refractivity contribution in [1.82, 2.24) is 0 Å². The summed E-state index contributed by atoms with van der Waals surface area (Å²) in [6.45, 7) is 10.5. The Morgan fingerprint density at radius 3 is 2.23 bits per heavy atom. The second-order valence-corrected chi connectivity index (χ2v) is 4.76. The largest absolute Gasteiger partial charge is 0.299 e. The fourth-order valence-corrected chi connectivity index (χ4v) is 1.38. The van der Waals surface area contributed by atoms with Gasteiger partial charge in [-0.2, -0.15) is 0 Å². The van der Waals surface area contributed by atoms with E-state index in [1.165, 1.54) is 12.8 Å². The Kier molecular flexibility index (Phi) is 5.27. The van der Waals surface area contributed by atoms with Crippen LogP contribution in [-0.4, -0.2) is 5.78 Å². The van der Waals surface area contributed by atoms with E-state index in [1.54, 1.807) is 0 Å². The molecule has 0 amide bonds. The smallest absolute Gasteiger partial charge is 0.138 e. The number of hydrogen-bond acceptors (Lipinski definition) is 1. The average molecular weight is 184 g/mol. The van der Waals surface area contributed by atoms with Crippen molar-refractivity contribution in [3.05, 3.63) is 0 Å². The summed E-state index contributed by atoms with van der Waals surface area (Å²) in [5.74, 6) is 0.985. The van der Waals surface area contributed by atoms with Gasteiger partial charge < -0.3 is 0 Å². The molecule has 0 aliphatic carbocycles. The van der Waals surface area contributed by atoms with E-state index in [2.05, 4.69) is 20.8 Å². The van der Waals surface area contributed by atoms with E-state index in [1.807, 2.05) is 13.8 Å². The highest BCUT2D eigenvalue weighted by Gasteiger charge is 2.25. The number of carbonyl (C=O) groups is 1. The Balaban J connectivity index is 3.99. The zero-order valence-corrected chi connectivity index (χ0v) is 9.81. The lowest BCUT2D eigenvalue weighted by Crippen LogP contribution is -2.24. The third-order valence-corrected chi connectivity index (χ3v) is 2.95. The average Bonchev–Trinajstić information content (AvgIpc) is 2.04. The third-order valence-electron chi connectivity index (χ3n) is 2.95. The summed E-state index contributed by atoms with van der Waals surface area (Å²) in [4.78, 5) is 11.8. The first-order chi connectivity index (χ1) is 5.94. The van der Waals surface area contributed by atoms with E-state index in [0.29, 0.717) is 11.7 Å². The highest BCUT2D eigenvalue weighted by molar-refractivity contribution is 5.84. The zero-order valence-electron chi connectivity index (χ0n) is 9.81. The van der Waals surface area contributed by atoms with E-state index in [0.717, 1.165) is 12.8 Å². The highest BCUT2D eigenvalue weighted by Crippen LogP contribution is 2.25. The first-order valence-corrected chi connectivity index (χ1v) is 5.47. The fourth-order valence-electron chi connectivity index (χ4n) is 1.38. The zero-order chi connectivity index (χ0) is 10.5. The van der Waals surface area contributed by atoms with Gasteiger partial charge in [0.2, 0.25) is 0 Å². The molecule has 0 aliphatic rings. The first kappa shape index (κ1) is 12.7. The quantitative estimate of drug-likeness (QED) is 0.613. The van der Waals surface area contributed by atoms with Crippen molar-refractivity contribution in [2.75, 3.05) is 0 Å². The lowest BCUT2D eigenvalue weighted by atomic mass is 9.81. The van der Waals surface area contributed by atoms with Gasteiger partial charge in [-0.15, -0.1) is 0 Å². The van der Waals surface area contributed by atoms with Crippen LogP contribution in [0, 0.1) is 11.3 Å². The van der Waals surface area contributed by atoms with Crippen molar-refractivity contribution in [2.45, 2.75) is 60.3 Å². The van der Waals surface area contributed by atoms with Gasteiger partial charge in [-0.1, -0.05) is 47.5 Å². The Morgan fingerprint density at radius 2 is 1.85 bits per heavy atom. The Hall–Kier alpha value is -0.330. The van der Waals surface area contributed by atoms with E-state index >= 15 is 0 Å². The Labute approximate surface area is 82.9 Å². The van der Waals surface area contributed by atoms with Crippen LogP contribution < -0.4 is 0 Å². The lowest BCUT2D eigenvalue weighted by Gasteiger charge is -2.22. The van der Waals surface area contributed by atoms with E-state index in [9.17, 15) is 4.79 Å².